The van der Waals surface area contributed by atoms with E-state index in [1.165, 1.54) is 0 Å². The van der Waals surface area contributed by atoms with E-state index in [1.54, 1.807) is 18.5 Å². The molecule has 2 heterocycles. The summed E-state index contributed by atoms with van der Waals surface area (Å²) < 4.78 is 5.19. The highest BCUT2D eigenvalue weighted by atomic mass is 16.5. The maximum atomic E-state index is 5.64. The molecule has 0 unspecified atom stereocenters. The Hall–Kier alpha value is -2.95. The first-order valence-electron chi connectivity index (χ1n) is 6.55. The fourth-order valence-corrected chi connectivity index (χ4v) is 1.86. The van der Waals surface area contributed by atoms with Gasteiger partial charge in [-0.3, -0.25) is 4.98 Å². The highest BCUT2D eigenvalue weighted by molar-refractivity contribution is 5.66. The third kappa shape index (κ3) is 3.54. The van der Waals surface area contributed by atoms with Gasteiger partial charge in [0, 0.05) is 30.6 Å². The zero-order chi connectivity index (χ0) is 14.5. The van der Waals surface area contributed by atoms with E-state index < -0.39 is 0 Å². The molecular weight excluding hydrogens is 264 g/mol. The second kappa shape index (κ2) is 6.00. The molecule has 5 heteroatoms. The zero-order valence-electron chi connectivity index (χ0n) is 11.3. The summed E-state index contributed by atoms with van der Waals surface area (Å²) in [4.78, 5) is 8.31. The summed E-state index contributed by atoms with van der Waals surface area (Å²) in [6.07, 6.45) is 7.81. The number of hydrogen-bond acceptors (Lipinski definition) is 5. The molecule has 2 N–H and O–H groups in total. The summed E-state index contributed by atoms with van der Waals surface area (Å²) in [5.74, 6) is 1.13. The van der Waals surface area contributed by atoms with Gasteiger partial charge in [0.1, 0.15) is 0 Å². The first-order chi connectivity index (χ1) is 10.3. The van der Waals surface area contributed by atoms with Crippen LogP contribution in [0.15, 0.2) is 53.3 Å². The number of nitrogens with two attached hydrogens (primary N) is 1. The molecule has 2 aromatic heterocycles. The third-order valence-corrected chi connectivity index (χ3v) is 2.95. The van der Waals surface area contributed by atoms with Crippen molar-refractivity contribution in [2.45, 2.75) is 6.42 Å². The van der Waals surface area contributed by atoms with Gasteiger partial charge in [-0.25, -0.2) is 0 Å². The van der Waals surface area contributed by atoms with Crippen molar-refractivity contribution in [1.29, 1.82) is 0 Å². The molecule has 0 saturated heterocycles. The first kappa shape index (κ1) is 13.1. The van der Waals surface area contributed by atoms with Crippen molar-refractivity contribution in [1.82, 2.24) is 15.1 Å². The summed E-state index contributed by atoms with van der Waals surface area (Å²) in [6, 6.07) is 11.4. The molecule has 0 fully saturated rings. The van der Waals surface area contributed by atoms with Crippen LogP contribution in [0.5, 0.6) is 0 Å². The Labute approximate surface area is 122 Å². The summed E-state index contributed by atoms with van der Waals surface area (Å²) in [5.41, 5.74) is 8.50. The van der Waals surface area contributed by atoms with Crippen molar-refractivity contribution in [3.8, 4) is 0 Å². The Morgan fingerprint density at radius 1 is 1.00 bits per heavy atom. The van der Waals surface area contributed by atoms with Crippen LogP contribution in [-0.2, 0) is 6.42 Å². The minimum absolute atomic E-state index is 0.482. The second-order valence-corrected chi connectivity index (χ2v) is 4.58. The summed E-state index contributed by atoms with van der Waals surface area (Å²) >= 11 is 0. The van der Waals surface area contributed by atoms with Crippen molar-refractivity contribution in [2.24, 2.45) is 0 Å². The lowest BCUT2D eigenvalue weighted by molar-refractivity contribution is 0.404. The van der Waals surface area contributed by atoms with Crippen LogP contribution >= 0.6 is 0 Å². The highest BCUT2D eigenvalue weighted by Gasteiger charge is 2.04. The number of nitrogens with zero attached hydrogens (tertiary/aromatic N) is 3. The number of nitrogen functional groups attached to an aromatic ring is 1. The molecule has 3 rings (SSSR count). The van der Waals surface area contributed by atoms with Gasteiger partial charge in [0.2, 0.25) is 0 Å². The summed E-state index contributed by atoms with van der Waals surface area (Å²) in [6.45, 7) is 0. The molecular formula is C16H14N4O. The van der Waals surface area contributed by atoms with Crippen LogP contribution in [-0.4, -0.2) is 15.1 Å². The number of anilines is 1. The number of hydrogen-bond donors (Lipinski definition) is 1. The van der Waals surface area contributed by atoms with E-state index in [1.807, 2.05) is 42.5 Å². The van der Waals surface area contributed by atoms with E-state index in [0.29, 0.717) is 18.1 Å². The van der Waals surface area contributed by atoms with E-state index in [0.717, 1.165) is 16.8 Å². The van der Waals surface area contributed by atoms with Gasteiger partial charge >= 0.3 is 0 Å². The monoisotopic (exact) mass is 278 g/mol. The molecule has 0 aliphatic heterocycles. The van der Waals surface area contributed by atoms with E-state index in [9.17, 15) is 0 Å². The lowest BCUT2D eigenvalue weighted by atomic mass is 10.2. The Balaban J connectivity index is 1.69. The molecule has 0 saturated carbocycles. The van der Waals surface area contributed by atoms with Gasteiger partial charge in [-0.15, -0.1) is 0 Å². The maximum Gasteiger partial charge on any atom is 0.250 e. The van der Waals surface area contributed by atoms with Crippen molar-refractivity contribution in [3.63, 3.8) is 0 Å². The standard InChI is InChI=1S/C16H14N4O/c17-14-4-1-12(2-5-14)3-6-16-19-15(20-21-16)11-13-7-9-18-10-8-13/h1-10H,11,17H2/b6-3+. The Kier molecular flexibility index (Phi) is 3.73. The van der Waals surface area contributed by atoms with Crippen molar-refractivity contribution >= 4 is 17.8 Å². The van der Waals surface area contributed by atoms with Crippen molar-refractivity contribution < 1.29 is 4.52 Å². The molecule has 0 aliphatic carbocycles. The van der Waals surface area contributed by atoms with Gasteiger partial charge < -0.3 is 10.3 Å². The minimum atomic E-state index is 0.482. The largest absolute Gasteiger partial charge is 0.399 e. The SMILES string of the molecule is Nc1ccc(/C=C/c2nc(Cc3ccncc3)no2)cc1. The lowest BCUT2D eigenvalue weighted by Crippen LogP contribution is -1.90. The summed E-state index contributed by atoms with van der Waals surface area (Å²) in [7, 11) is 0. The first-order valence-corrected chi connectivity index (χ1v) is 6.55. The van der Waals surface area contributed by atoms with E-state index >= 15 is 0 Å². The maximum absolute atomic E-state index is 5.64. The van der Waals surface area contributed by atoms with Gasteiger partial charge in [0.25, 0.3) is 5.89 Å². The second-order valence-electron chi connectivity index (χ2n) is 4.58. The minimum Gasteiger partial charge on any atom is -0.399 e. The van der Waals surface area contributed by atoms with Crippen LogP contribution in [0.2, 0.25) is 0 Å². The summed E-state index contributed by atoms with van der Waals surface area (Å²) in [5, 5.41) is 3.96. The van der Waals surface area contributed by atoms with Gasteiger partial charge in [0.05, 0.1) is 0 Å². The van der Waals surface area contributed by atoms with Gasteiger partial charge in [-0.05, 0) is 41.5 Å². The fraction of sp³-hybridized carbons (Fsp3) is 0.0625. The zero-order valence-corrected chi connectivity index (χ0v) is 11.3. The van der Waals surface area contributed by atoms with Crippen LogP contribution in [0.3, 0.4) is 0 Å². The Morgan fingerprint density at radius 2 is 1.76 bits per heavy atom. The Bertz CT molecular complexity index is 732. The molecule has 21 heavy (non-hydrogen) atoms. The van der Waals surface area contributed by atoms with Crippen molar-refractivity contribution in [3.05, 3.63) is 71.6 Å². The smallest absolute Gasteiger partial charge is 0.250 e. The number of rotatable bonds is 4. The lowest BCUT2D eigenvalue weighted by Gasteiger charge is -1.93. The fourth-order valence-electron chi connectivity index (χ4n) is 1.86. The van der Waals surface area contributed by atoms with Gasteiger partial charge in [-0.1, -0.05) is 17.3 Å². The predicted molar refractivity (Wildman–Crippen MR) is 81.1 cm³/mol. The third-order valence-electron chi connectivity index (χ3n) is 2.95. The van der Waals surface area contributed by atoms with Gasteiger partial charge in [0.15, 0.2) is 5.82 Å². The number of benzene rings is 1. The van der Waals surface area contributed by atoms with E-state index in [-0.39, 0.29) is 0 Å². The molecule has 0 aliphatic rings. The molecule has 104 valence electrons. The molecule has 0 radical (unpaired) electrons. The van der Waals surface area contributed by atoms with E-state index in [2.05, 4.69) is 15.1 Å². The molecule has 0 atom stereocenters. The van der Waals surface area contributed by atoms with Crippen LogP contribution in [0, 0.1) is 0 Å². The van der Waals surface area contributed by atoms with Crippen LogP contribution in [0.4, 0.5) is 5.69 Å². The highest BCUT2D eigenvalue weighted by Crippen LogP contribution is 2.11. The van der Waals surface area contributed by atoms with E-state index in [4.69, 9.17) is 10.3 Å². The topological polar surface area (TPSA) is 77.8 Å². The molecule has 0 bridgehead atoms. The molecule has 5 nitrogen and oxygen atoms in total. The number of pyridine rings is 1. The van der Waals surface area contributed by atoms with Crippen LogP contribution in [0.1, 0.15) is 22.8 Å². The molecule has 0 spiro atoms. The van der Waals surface area contributed by atoms with Crippen LogP contribution in [0.25, 0.3) is 12.2 Å². The molecule has 1 aromatic carbocycles. The van der Waals surface area contributed by atoms with Crippen molar-refractivity contribution in [2.75, 3.05) is 5.73 Å². The molecule has 3 aromatic rings. The predicted octanol–water partition coefficient (Wildman–Crippen LogP) is 2.81. The van der Waals surface area contributed by atoms with Crippen LogP contribution < -0.4 is 5.73 Å². The Morgan fingerprint density at radius 3 is 2.52 bits per heavy atom. The van der Waals surface area contributed by atoms with Gasteiger partial charge in [-0.2, -0.15) is 4.98 Å². The molecule has 0 amide bonds. The quantitative estimate of drug-likeness (QED) is 0.742. The average Bonchev–Trinajstić information content (AvgIpc) is 2.95. The normalized spacial score (nSPS) is 11.0. The average molecular weight is 278 g/mol. The number of aromatic nitrogens is 3.